The van der Waals surface area contributed by atoms with E-state index in [1.165, 1.54) is 24.2 Å². The monoisotopic (exact) mass is 395 g/mol. The summed E-state index contributed by atoms with van der Waals surface area (Å²) in [4.78, 5) is 29.2. The number of carbonyl (C=O) groups is 2. The maximum atomic E-state index is 12.2. The SMILES string of the molecule is O=C(CCCNC(=O)c1cccs1)Nc1cccc(-c2n[nH]c(C3CC3)n2)c1. The zero-order valence-corrected chi connectivity index (χ0v) is 16.1. The van der Waals surface area contributed by atoms with Gasteiger partial charge in [0.15, 0.2) is 5.82 Å². The number of benzene rings is 1. The second-order valence-corrected chi connectivity index (χ2v) is 7.73. The quantitative estimate of drug-likeness (QED) is 0.508. The third kappa shape index (κ3) is 4.64. The summed E-state index contributed by atoms with van der Waals surface area (Å²) in [5.74, 6) is 1.92. The van der Waals surface area contributed by atoms with Crippen LogP contribution in [0.4, 0.5) is 5.69 Å². The molecule has 1 aromatic carbocycles. The van der Waals surface area contributed by atoms with E-state index in [1.807, 2.05) is 35.7 Å². The topological polar surface area (TPSA) is 99.8 Å². The highest BCUT2D eigenvalue weighted by Gasteiger charge is 2.27. The number of hydrogen-bond acceptors (Lipinski definition) is 5. The molecule has 1 aliphatic carbocycles. The van der Waals surface area contributed by atoms with Crippen LogP contribution in [-0.4, -0.2) is 33.5 Å². The van der Waals surface area contributed by atoms with E-state index in [-0.39, 0.29) is 11.8 Å². The van der Waals surface area contributed by atoms with Crippen LogP contribution >= 0.6 is 11.3 Å². The number of aromatic amines is 1. The van der Waals surface area contributed by atoms with Crippen LogP contribution < -0.4 is 10.6 Å². The minimum atomic E-state index is -0.0971. The van der Waals surface area contributed by atoms with Crippen LogP contribution in [0.3, 0.4) is 0 Å². The van der Waals surface area contributed by atoms with E-state index in [0.717, 1.165) is 11.4 Å². The number of amides is 2. The van der Waals surface area contributed by atoms with Crippen molar-refractivity contribution >= 4 is 28.8 Å². The van der Waals surface area contributed by atoms with Gasteiger partial charge in [-0.05, 0) is 42.8 Å². The molecule has 0 bridgehead atoms. The molecule has 2 amide bonds. The fourth-order valence-electron chi connectivity index (χ4n) is 2.85. The number of aromatic nitrogens is 3. The Hall–Kier alpha value is -3.00. The first-order chi connectivity index (χ1) is 13.7. The number of nitrogens with one attached hydrogen (secondary N) is 3. The Morgan fingerprint density at radius 1 is 1.21 bits per heavy atom. The van der Waals surface area contributed by atoms with Crippen molar-refractivity contribution < 1.29 is 9.59 Å². The van der Waals surface area contributed by atoms with E-state index < -0.39 is 0 Å². The van der Waals surface area contributed by atoms with Crippen LogP contribution in [0.25, 0.3) is 11.4 Å². The van der Waals surface area contributed by atoms with Crippen LogP contribution in [0, 0.1) is 0 Å². The summed E-state index contributed by atoms with van der Waals surface area (Å²) in [6, 6.07) is 11.1. The van der Waals surface area contributed by atoms with Crippen LogP contribution in [0.2, 0.25) is 0 Å². The van der Waals surface area contributed by atoms with E-state index in [0.29, 0.717) is 41.7 Å². The van der Waals surface area contributed by atoms with Gasteiger partial charge >= 0.3 is 0 Å². The zero-order chi connectivity index (χ0) is 19.3. The summed E-state index contributed by atoms with van der Waals surface area (Å²) in [5.41, 5.74) is 1.58. The molecule has 0 aliphatic heterocycles. The molecule has 0 radical (unpaired) electrons. The van der Waals surface area contributed by atoms with Crippen molar-refractivity contribution in [3.8, 4) is 11.4 Å². The second-order valence-electron chi connectivity index (χ2n) is 6.78. The van der Waals surface area contributed by atoms with E-state index in [2.05, 4.69) is 25.8 Å². The van der Waals surface area contributed by atoms with Crippen LogP contribution in [0.5, 0.6) is 0 Å². The summed E-state index contributed by atoms with van der Waals surface area (Å²) in [6.07, 6.45) is 3.24. The highest BCUT2D eigenvalue weighted by atomic mass is 32.1. The molecule has 1 fully saturated rings. The summed E-state index contributed by atoms with van der Waals surface area (Å²) in [6.45, 7) is 0.464. The molecule has 2 heterocycles. The van der Waals surface area contributed by atoms with Gasteiger partial charge in [0, 0.05) is 30.1 Å². The van der Waals surface area contributed by atoms with Gasteiger partial charge in [-0.3, -0.25) is 14.7 Å². The lowest BCUT2D eigenvalue weighted by Crippen LogP contribution is -2.24. The van der Waals surface area contributed by atoms with Crippen molar-refractivity contribution in [2.75, 3.05) is 11.9 Å². The van der Waals surface area contributed by atoms with Gasteiger partial charge in [-0.1, -0.05) is 18.2 Å². The average molecular weight is 395 g/mol. The molecule has 0 spiro atoms. The molecule has 7 nitrogen and oxygen atoms in total. The Balaban J connectivity index is 1.25. The molecular weight excluding hydrogens is 374 g/mol. The smallest absolute Gasteiger partial charge is 0.261 e. The van der Waals surface area contributed by atoms with Crippen molar-refractivity contribution in [2.24, 2.45) is 0 Å². The largest absolute Gasteiger partial charge is 0.351 e. The fourth-order valence-corrected chi connectivity index (χ4v) is 3.49. The van der Waals surface area contributed by atoms with Crippen LogP contribution in [0.15, 0.2) is 41.8 Å². The maximum Gasteiger partial charge on any atom is 0.261 e. The van der Waals surface area contributed by atoms with Gasteiger partial charge in [-0.2, -0.15) is 5.10 Å². The second kappa shape index (κ2) is 8.35. The van der Waals surface area contributed by atoms with Gasteiger partial charge < -0.3 is 10.6 Å². The molecule has 3 N–H and O–H groups in total. The number of thiophene rings is 1. The first-order valence-electron chi connectivity index (χ1n) is 9.33. The maximum absolute atomic E-state index is 12.2. The van der Waals surface area contributed by atoms with Crippen LogP contribution in [-0.2, 0) is 4.79 Å². The predicted molar refractivity (Wildman–Crippen MR) is 108 cm³/mol. The summed E-state index contributed by atoms with van der Waals surface area (Å²) in [7, 11) is 0. The number of carbonyl (C=O) groups excluding carboxylic acids is 2. The minimum absolute atomic E-state index is 0.0869. The summed E-state index contributed by atoms with van der Waals surface area (Å²) >= 11 is 1.40. The number of hydrogen-bond donors (Lipinski definition) is 3. The Kier molecular flexibility index (Phi) is 5.48. The van der Waals surface area contributed by atoms with Crippen molar-refractivity contribution in [3.63, 3.8) is 0 Å². The third-order valence-electron chi connectivity index (χ3n) is 4.48. The van der Waals surface area contributed by atoms with Crippen molar-refractivity contribution in [2.45, 2.75) is 31.6 Å². The van der Waals surface area contributed by atoms with Crippen molar-refractivity contribution in [1.29, 1.82) is 0 Å². The molecular formula is C20H21N5O2S. The number of anilines is 1. The zero-order valence-electron chi connectivity index (χ0n) is 15.3. The Morgan fingerprint density at radius 2 is 2.11 bits per heavy atom. The normalized spacial score (nSPS) is 13.3. The van der Waals surface area contributed by atoms with Crippen molar-refractivity contribution in [1.82, 2.24) is 20.5 Å². The minimum Gasteiger partial charge on any atom is -0.351 e. The molecule has 1 saturated carbocycles. The standard InChI is InChI=1S/C20H21N5O2S/c26-17(7-2-10-21-20(27)16-6-3-11-28-16)22-15-5-1-4-14(12-15)19-23-18(24-25-19)13-8-9-13/h1,3-6,11-13H,2,7-10H2,(H,21,27)(H,22,26)(H,23,24,25). The number of rotatable bonds is 8. The third-order valence-corrected chi connectivity index (χ3v) is 5.35. The lowest BCUT2D eigenvalue weighted by atomic mass is 10.2. The molecule has 4 rings (SSSR count). The molecule has 0 unspecified atom stereocenters. The molecule has 2 aromatic heterocycles. The first kappa shape index (κ1) is 18.4. The van der Waals surface area contributed by atoms with E-state index >= 15 is 0 Å². The fraction of sp³-hybridized carbons (Fsp3) is 0.300. The number of H-pyrrole nitrogens is 1. The average Bonchev–Trinajstić information content (AvgIpc) is 3.20. The summed E-state index contributed by atoms with van der Waals surface area (Å²) in [5, 5.41) is 14.9. The molecule has 0 atom stereocenters. The predicted octanol–water partition coefficient (Wildman–Crippen LogP) is 3.56. The highest BCUT2D eigenvalue weighted by Crippen LogP contribution is 2.38. The van der Waals surface area contributed by atoms with Gasteiger partial charge in [0.25, 0.3) is 5.91 Å². The summed E-state index contributed by atoms with van der Waals surface area (Å²) < 4.78 is 0. The van der Waals surface area contributed by atoms with Gasteiger partial charge in [-0.15, -0.1) is 11.3 Å². The van der Waals surface area contributed by atoms with Gasteiger partial charge in [0.05, 0.1) is 4.88 Å². The van der Waals surface area contributed by atoms with E-state index in [1.54, 1.807) is 6.07 Å². The molecule has 3 aromatic rings. The van der Waals surface area contributed by atoms with Crippen LogP contribution in [0.1, 0.15) is 47.1 Å². The lowest BCUT2D eigenvalue weighted by molar-refractivity contribution is -0.116. The first-order valence-corrected chi connectivity index (χ1v) is 10.2. The van der Waals surface area contributed by atoms with E-state index in [9.17, 15) is 9.59 Å². The molecule has 8 heteroatoms. The molecule has 144 valence electrons. The van der Waals surface area contributed by atoms with Gasteiger partial charge in [-0.25, -0.2) is 4.98 Å². The van der Waals surface area contributed by atoms with Gasteiger partial charge in [0.1, 0.15) is 5.82 Å². The Morgan fingerprint density at radius 3 is 2.89 bits per heavy atom. The van der Waals surface area contributed by atoms with Crippen molar-refractivity contribution in [3.05, 3.63) is 52.5 Å². The van der Waals surface area contributed by atoms with Gasteiger partial charge in [0.2, 0.25) is 5.91 Å². The highest BCUT2D eigenvalue weighted by molar-refractivity contribution is 7.12. The lowest BCUT2D eigenvalue weighted by Gasteiger charge is -2.07. The molecule has 28 heavy (non-hydrogen) atoms. The molecule has 0 saturated heterocycles. The molecule has 1 aliphatic rings. The Bertz CT molecular complexity index is 963. The van der Waals surface area contributed by atoms with E-state index in [4.69, 9.17) is 0 Å². The number of nitrogens with zero attached hydrogens (tertiary/aromatic N) is 2. The Labute approximate surface area is 166 Å².